The number of unbranched alkanes of at least 4 members (excludes halogenated alkanes) is 3. The van der Waals surface area contributed by atoms with Gasteiger partial charge in [0.2, 0.25) is 0 Å². The van der Waals surface area contributed by atoms with Crippen molar-refractivity contribution in [2.24, 2.45) is 0 Å². The van der Waals surface area contributed by atoms with E-state index in [-0.39, 0.29) is 24.3 Å². The number of ether oxygens (including phenoxy) is 3. The summed E-state index contributed by atoms with van der Waals surface area (Å²) in [6.45, 7) is 6.11. The van der Waals surface area contributed by atoms with E-state index in [1.807, 2.05) is 26.0 Å². The van der Waals surface area contributed by atoms with Crippen molar-refractivity contribution in [2.75, 3.05) is 0 Å². The Bertz CT molecular complexity index is 532. The Morgan fingerprint density at radius 2 is 2.00 bits per heavy atom. The van der Waals surface area contributed by atoms with Gasteiger partial charge in [-0.05, 0) is 52.0 Å². The highest BCUT2D eigenvalue weighted by Crippen LogP contribution is 2.31. The second-order valence-corrected chi connectivity index (χ2v) is 7.85. The van der Waals surface area contributed by atoms with E-state index >= 15 is 0 Å². The van der Waals surface area contributed by atoms with Gasteiger partial charge in [-0.25, -0.2) is 0 Å². The molecule has 1 saturated heterocycles. The summed E-state index contributed by atoms with van der Waals surface area (Å²) in [5, 5.41) is 0. The number of allylic oxidation sites excluding steroid dienone is 2. The van der Waals surface area contributed by atoms with Gasteiger partial charge in [0.1, 0.15) is 12.2 Å². The summed E-state index contributed by atoms with van der Waals surface area (Å²) in [4.78, 5) is 11.9. The number of hydrogen-bond acceptors (Lipinski definition) is 4. The fourth-order valence-electron chi connectivity index (χ4n) is 3.41. The highest BCUT2D eigenvalue weighted by Gasteiger charge is 2.39. The molecule has 2 heterocycles. The minimum Gasteiger partial charge on any atom is -0.458 e. The number of rotatable bonds is 8. The molecule has 0 aromatic carbocycles. The van der Waals surface area contributed by atoms with Crippen molar-refractivity contribution in [1.82, 2.24) is 0 Å². The van der Waals surface area contributed by atoms with Gasteiger partial charge in [0.25, 0.3) is 0 Å². The molecule has 0 N–H and O–H groups in total. The van der Waals surface area contributed by atoms with Crippen LogP contribution < -0.4 is 0 Å². The van der Waals surface area contributed by atoms with Crippen LogP contribution in [0.1, 0.15) is 78.6 Å². The van der Waals surface area contributed by atoms with Crippen LogP contribution in [0.25, 0.3) is 0 Å². The normalized spacial score (nSPS) is 30.2. The van der Waals surface area contributed by atoms with E-state index in [1.165, 1.54) is 19.3 Å². The second-order valence-electron chi connectivity index (χ2n) is 7.85. The average Bonchev–Trinajstić information content (AvgIpc) is 2.96. The molecule has 4 heteroatoms. The Balaban J connectivity index is 1.91. The minimum atomic E-state index is -0.593. The van der Waals surface area contributed by atoms with Gasteiger partial charge in [0, 0.05) is 12.8 Å². The maximum Gasteiger partial charge on any atom is 0.306 e. The summed E-state index contributed by atoms with van der Waals surface area (Å²) in [5.74, 6) is -0.714. The molecule has 0 aromatic heterocycles. The number of hydrogen-bond donors (Lipinski definition) is 0. The van der Waals surface area contributed by atoms with Crippen LogP contribution in [0.4, 0.5) is 0 Å². The zero-order valence-electron chi connectivity index (χ0n) is 17.2. The van der Waals surface area contributed by atoms with Crippen molar-refractivity contribution in [3.8, 4) is 0 Å². The van der Waals surface area contributed by atoms with E-state index in [1.54, 1.807) is 0 Å². The minimum absolute atomic E-state index is 0.0127. The lowest BCUT2D eigenvalue weighted by molar-refractivity contribution is -0.147. The van der Waals surface area contributed by atoms with Gasteiger partial charge in [-0.2, -0.15) is 0 Å². The summed E-state index contributed by atoms with van der Waals surface area (Å²) in [7, 11) is 0. The monoisotopic (exact) mass is 376 g/mol. The van der Waals surface area contributed by atoms with E-state index in [0.717, 1.165) is 25.7 Å². The molecule has 0 aliphatic carbocycles. The Kier molecular flexibility index (Phi) is 9.29. The number of esters is 1. The SMILES string of the molecule is CCCCC/C=C\C[C@H]1OC(C)(C)O[C@@H]1/C=C/[C@@H]1C/C=C\CCCC(=O)O1. The first kappa shape index (κ1) is 21.9. The van der Waals surface area contributed by atoms with E-state index in [2.05, 4.69) is 31.2 Å². The highest BCUT2D eigenvalue weighted by atomic mass is 16.7. The molecule has 152 valence electrons. The summed E-state index contributed by atoms with van der Waals surface area (Å²) in [6, 6.07) is 0. The zero-order valence-corrected chi connectivity index (χ0v) is 17.2. The molecule has 2 rings (SSSR count). The predicted octanol–water partition coefficient (Wildman–Crippen LogP) is 5.63. The molecule has 0 spiro atoms. The van der Waals surface area contributed by atoms with Crippen molar-refractivity contribution < 1.29 is 19.0 Å². The van der Waals surface area contributed by atoms with Crippen LogP contribution in [0.5, 0.6) is 0 Å². The van der Waals surface area contributed by atoms with Gasteiger partial charge < -0.3 is 14.2 Å². The maximum absolute atomic E-state index is 11.9. The third-order valence-corrected chi connectivity index (χ3v) is 4.82. The molecule has 27 heavy (non-hydrogen) atoms. The van der Waals surface area contributed by atoms with E-state index < -0.39 is 5.79 Å². The first-order valence-corrected chi connectivity index (χ1v) is 10.5. The van der Waals surface area contributed by atoms with Crippen LogP contribution in [0.15, 0.2) is 36.5 Å². The summed E-state index contributed by atoms with van der Waals surface area (Å²) < 4.78 is 17.7. The molecule has 2 aliphatic rings. The van der Waals surface area contributed by atoms with Gasteiger partial charge in [0.15, 0.2) is 5.79 Å². The Labute approximate surface area is 164 Å². The molecule has 0 bridgehead atoms. The number of cyclic esters (lactones) is 1. The Hall–Kier alpha value is -1.39. The molecule has 0 radical (unpaired) electrons. The molecular formula is C23H36O4. The van der Waals surface area contributed by atoms with Gasteiger partial charge in [-0.1, -0.05) is 50.1 Å². The average molecular weight is 377 g/mol. The lowest BCUT2D eigenvalue weighted by Gasteiger charge is -2.16. The van der Waals surface area contributed by atoms with Crippen LogP contribution in [0.2, 0.25) is 0 Å². The maximum atomic E-state index is 11.9. The Morgan fingerprint density at radius 1 is 1.15 bits per heavy atom. The van der Waals surface area contributed by atoms with Gasteiger partial charge in [0.05, 0.1) is 6.10 Å². The summed E-state index contributed by atoms with van der Waals surface area (Å²) in [6.07, 6.45) is 21.0. The lowest BCUT2D eigenvalue weighted by Crippen LogP contribution is -2.21. The lowest BCUT2D eigenvalue weighted by atomic mass is 10.1. The van der Waals surface area contributed by atoms with Crippen molar-refractivity contribution in [3.63, 3.8) is 0 Å². The van der Waals surface area contributed by atoms with E-state index in [4.69, 9.17) is 14.2 Å². The van der Waals surface area contributed by atoms with Crippen LogP contribution in [0, 0.1) is 0 Å². The molecule has 1 fully saturated rings. The van der Waals surface area contributed by atoms with Gasteiger partial charge in [-0.3, -0.25) is 4.79 Å². The third kappa shape index (κ3) is 8.44. The molecule has 0 aromatic rings. The van der Waals surface area contributed by atoms with E-state index in [0.29, 0.717) is 12.8 Å². The predicted molar refractivity (Wildman–Crippen MR) is 108 cm³/mol. The van der Waals surface area contributed by atoms with Gasteiger partial charge >= 0.3 is 5.97 Å². The molecule has 4 nitrogen and oxygen atoms in total. The molecule has 0 saturated carbocycles. The summed E-state index contributed by atoms with van der Waals surface area (Å²) >= 11 is 0. The van der Waals surface area contributed by atoms with Crippen molar-refractivity contribution in [1.29, 1.82) is 0 Å². The molecule has 0 unspecified atom stereocenters. The summed E-state index contributed by atoms with van der Waals surface area (Å²) in [5.41, 5.74) is 0. The van der Waals surface area contributed by atoms with Crippen LogP contribution >= 0.6 is 0 Å². The second kappa shape index (κ2) is 11.5. The smallest absolute Gasteiger partial charge is 0.306 e. The fraction of sp³-hybridized carbons (Fsp3) is 0.696. The standard InChI is InChI=1S/C23H36O4/c1-4-5-6-7-8-12-15-20-21(27-23(2,3)26-20)18-17-19-14-11-9-10-13-16-22(24)25-19/h8-9,11-12,17-21H,4-7,10,13-16H2,1-3H3/b11-9-,12-8-,18-17+/t19-,20+,21+/m0/s1. The van der Waals surface area contributed by atoms with Crippen LogP contribution in [-0.2, 0) is 19.0 Å². The number of carbonyl (C=O) groups excluding carboxylic acids is 1. The van der Waals surface area contributed by atoms with Crippen molar-refractivity contribution in [2.45, 2.75) is 103 Å². The fourth-order valence-corrected chi connectivity index (χ4v) is 3.41. The third-order valence-electron chi connectivity index (χ3n) is 4.82. The topological polar surface area (TPSA) is 44.8 Å². The van der Waals surface area contributed by atoms with Crippen molar-refractivity contribution in [3.05, 3.63) is 36.5 Å². The first-order chi connectivity index (χ1) is 13.0. The molecule has 0 amide bonds. The van der Waals surface area contributed by atoms with Crippen molar-refractivity contribution >= 4 is 5.97 Å². The molecule has 2 aliphatic heterocycles. The molecular weight excluding hydrogens is 340 g/mol. The van der Waals surface area contributed by atoms with Gasteiger partial charge in [-0.15, -0.1) is 0 Å². The zero-order chi connectivity index (χ0) is 19.5. The highest BCUT2D eigenvalue weighted by molar-refractivity contribution is 5.69. The van der Waals surface area contributed by atoms with Crippen LogP contribution in [-0.4, -0.2) is 30.1 Å². The molecule has 3 atom stereocenters. The largest absolute Gasteiger partial charge is 0.458 e. The Morgan fingerprint density at radius 3 is 2.81 bits per heavy atom. The first-order valence-electron chi connectivity index (χ1n) is 10.5. The van der Waals surface area contributed by atoms with Crippen LogP contribution in [0.3, 0.4) is 0 Å². The van der Waals surface area contributed by atoms with E-state index in [9.17, 15) is 4.79 Å². The quantitative estimate of drug-likeness (QED) is 0.313. The number of carbonyl (C=O) groups is 1.